The molecule has 3 nitrogen and oxygen atoms in total. The predicted octanol–water partition coefficient (Wildman–Crippen LogP) is 1.58. The van der Waals surface area contributed by atoms with Gasteiger partial charge in [-0.05, 0) is 24.7 Å². The number of alkyl halides is 1. The second kappa shape index (κ2) is 5.33. The highest BCUT2D eigenvalue weighted by atomic mass is 35.5. The van der Waals surface area contributed by atoms with E-state index in [0.29, 0.717) is 24.3 Å². The van der Waals surface area contributed by atoms with Gasteiger partial charge in [0.15, 0.2) is 0 Å². The molecule has 1 aliphatic rings. The highest BCUT2D eigenvalue weighted by Crippen LogP contribution is 2.30. The van der Waals surface area contributed by atoms with E-state index in [9.17, 15) is 8.42 Å². The van der Waals surface area contributed by atoms with Crippen molar-refractivity contribution in [2.24, 2.45) is 11.8 Å². The molecule has 5 heteroatoms. The summed E-state index contributed by atoms with van der Waals surface area (Å²) in [7, 11) is -3.05. The van der Waals surface area contributed by atoms with Crippen molar-refractivity contribution in [2.45, 2.75) is 25.7 Å². The summed E-state index contributed by atoms with van der Waals surface area (Å²) in [5.74, 6) is 1.56. The van der Waals surface area contributed by atoms with Crippen molar-refractivity contribution < 1.29 is 8.42 Å². The Labute approximate surface area is 91.3 Å². The highest BCUT2D eigenvalue weighted by molar-refractivity contribution is 7.88. The van der Waals surface area contributed by atoms with Gasteiger partial charge in [-0.1, -0.05) is 12.8 Å². The van der Waals surface area contributed by atoms with Crippen LogP contribution in [0.2, 0.25) is 0 Å². The zero-order valence-electron chi connectivity index (χ0n) is 8.50. The van der Waals surface area contributed by atoms with Crippen LogP contribution in [-0.2, 0) is 10.0 Å². The van der Waals surface area contributed by atoms with Crippen molar-refractivity contribution in [3.05, 3.63) is 0 Å². The summed E-state index contributed by atoms with van der Waals surface area (Å²) >= 11 is 5.85. The average molecular weight is 240 g/mol. The largest absolute Gasteiger partial charge is 0.215 e. The topological polar surface area (TPSA) is 46.2 Å². The summed E-state index contributed by atoms with van der Waals surface area (Å²) in [6, 6.07) is 0. The third-order valence-corrected chi connectivity index (χ3v) is 3.96. The van der Waals surface area contributed by atoms with Crippen LogP contribution in [0.25, 0.3) is 0 Å². The van der Waals surface area contributed by atoms with E-state index in [1.54, 1.807) is 0 Å². The molecule has 0 bridgehead atoms. The van der Waals surface area contributed by atoms with Crippen LogP contribution >= 0.6 is 11.6 Å². The second-order valence-corrected chi connectivity index (χ2v) is 6.22. The third-order valence-electron chi connectivity index (χ3n) is 2.87. The van der Waals surface area contributed by atoms with Gasteiger partial charge in [-0.3, -0.25) is 0 Å². The maximum Gasteiger partial charge on any atom is 0.208 e. The van der Waals surface area contributed by atoms with Gasteiger partial charge in [0.05, 0.1) is 6.26 Å². The van der Waals surface area contributed by atoms with Crippen LogP contribution in [-0.4, -0.2) is 27.1 Å². The molecule has 0 aromatic carbocycles. The highest BCUT2D eigenvalue weighted by Gasteiger charge is 2.24. The monoisotopic (exact) mass is 239 g/mol. The van der Waals surface area contributed by atoms with E-state index in [-0.39, 0.29) is 0 Å². The molecule has 0 amide bonds. The van der Waals surface area contributed by atoms with Crippen LogP contribution in [0.3, 0.4) is 0 Å². The van der Waals surface area contributed by atoms with Gasteiger partial charge in [0, 0.05) is 12.4 Å². The lowest BCUT2D eigenvalue weighted by Crippen LogP contribution is -2.34. The number of rotatable bonds is 4. The molecule has 1 saturated carbocycles. The summed E-state index contributed by atoms with van der Waals surface area (Å²) in [6.45, 7) is 0.552. The van der Waals surface area contributed by atoms with Gasteiger partial charge in [0.2, 0.25) is 10.0 Å². The Bertz CT molecular complexity index is 266. The first-order chi connectivity index (χ1) is 6.53. The Morgan fingerprint density at radius 1 is 1.29 bits per heavy atom. The molecule has 2 unspecified atom stereocenters. The van der Waals surface area contributed by atoms with Gasteiger partial charge in [0.25, 0.3) is 0 Å². The molecule has 0 heterocycles. The fraction of sp³-hybridized carbons (Fsp3) is 1.00. The number of hydrogen-bond donors (Lipinski definition) is 1. The maximum atomic E-state index is 10.9. The summed E-state index contributed by atoms with van der Waals surface area (Å²) in [6.07, 6.45) is 5.86. The summed E-state index contributed by atoms with van der Waals surface area (Å²) < 4.78 is 24.4. The Morgan fingerprint density at radius 2 is 1.86 bits per heavy atom. The Kier molecular flexibility index (Phi) is 4.67. The quantitative estimate of drug-likeness (QED) is 0.758. The molecule has 1 N–H and O–H groups in total. The van der Waals surface area contributed by atoms with E-state index < -0.39 is 10.0 Å². The van der Waals surface area contributed by atoms with Crippen molar-refractivity contribution >= 4 is 21.6 Å². The summed E-state index contributed by atoms with van der Waals surface area (Å²) in [4.78, 5) is 0. The van der Waals surface area contributed by atoms with E-state index in [1.165, 1.54) is 19.1 Å². The SMILES string of the molecule is CS(=O)(=O)NCC1CCCCC1CCl. The number of halogens is 1. The molecule has 2 atom stereocenters. The first kappa shape index (κ1) is 12.3. The zero-order chi connectivity index (χ0) is 10.6. The van der Waals surface area contributed by atoms with Crippen LogP contribution in [0.1, 0.15) is 25.7 Å². The van der Waals surface area contributed by atoms with E-state index in [1.807, 2.05) is 0 Å². The molecule has 14 heavy (non-hydrogen) atoms. The molecule has 0 aliphatic heterocycles. The molecule has 1 aliphatic carbocycles. The molecule has 0 spiro atoms. The molecule has 84 valence electrons. The fourth-order valence-corrected chi connectivity index (χ4v) is 2.94. The van der Waals surface area contributed by atoms with Crippen LogP contribution in [0.15, 0.2) is 0 Å². The van der Waals surface area contributed by atoms with Crippen LogP contribution < -0.4 is 4.72 Å². The Hall–Kier alpha value is 0.200. The minimum absolute atomic E-state index is 0.427. The van der Waals surface area contributed by atoms with Gasteiger partial charge in [0.1, 0.15) is 0 Å². The average Bonchev–Trinajstić information content (AvgIpc) is 2.14. The molecular formula is C9H18ClNO2S. The van der Waals surface area contributed by atoms with Gasteiger partial charge in [-0.25, -0.2) is 13.1 Å². The molecule has 0 aromatic rings. The summed E-state index contributed by atoms with van der Waals surface area (Å²) in [5, 5.41) is 0. The molecule has 1 fully saturated rings. The zero-order valence-corrected chi connectivity index (χ0v) is 10.1. The van der Waals surface area contributed by atoms with E-state index >= 15 is 0 Å². The number of hydrogen-bond acceptors (Lipinski definition) is 2. The lowest BCUT2D eigenvalue weighted by Gasteiger charge is -2.29. The van der Waals surface area contributed by atoms with Crippen molar-refractivity contribution in [2.75, 3.05) is 18.7 Å². The second-order valence-electron chi connectivity index (χ2n) is 4.08. The van der Waals surface area contributed by atoms with E-state index in [2.05, 4.69) is 4.72 Å². The van der Waals surface area contributed by atoms with E-state index in [0.717, 1.165) is 12.8 Å². The molecule has 0 radical (unpaired) electrons. The van der Waals surface area contributed by atoms with Crippen molar-refractivity contribution in [3.8, 4) is 0 Å². The molecule has 0 aromatic heterocycles. The van der Waals surface area contributed by atoms with Gasteiger partial charge in [-0.15, -0.1) is 11.6 Å². The molecular weight excluding hydrogens is 222 g/mol. The standard InChI is InChI=1S/C9H18ClNO2S/c1-14(12,13)11-7-9-5-3-2-4-8(9)6-10/h8-9,11H,2-7H2,1H3. The minimum atomic E-state index is -3.05. The van der Waals surface area contributed by atoms with Gasteiger partial charge in [-0.2, -0.15) is 0 Å². The van der Waals surface area contributed by atoms with Gasteiger partial charge < -0.3 is 0 Å². The first-order valence-electron chi connectivity index (χ1n) is 5.03. The minimum Gasteiger partial charge on any atom is -0.215 e. The predicted molar refractivity (Wildman–Crippen MR) is 59.0 cm³/mol. The third kappa shape index (κ3) is 4.15. The lowest BCUT2D eigenvalue weighted by atomic mass is 9.80. The number of sulfonamides is 1. The van der Waals surface area contributed by atoms with Crippen LogP contribution in [0.5, 0.6) is 0 Å². The lowest BCUT2D eigenvalue weighted by molar-refractivity contribution is 0.261. The fourth-order valence-electron chi connectivity index (χ4n) is 2.01. The van der Waals surface area contributed by atoms with E-state index in [4.69, 9.17) is 11.6 Å². The van der Waals surface area contributed by atoms with Gasteiger partial charge >= 0.3 is 0 Å². The van der Waals surface area contributed by atoms with Crippen molar-refractivity contribution in [1.82, 2.24) is 4.72 Å². The maximum absolute atomic E-state index is 10.9. The normalized spacial score (nSPS) is 29.0. The number of nitrogens with one attached hydrogen (secondary N) is 1. The summed E-state index contributed by atoms with van der Waals surface area (Å²) in [5.41, 5.74) is 0. The smallest absolute Gasteiger partial charge is 0.208 e. The Morgan fingerprint density at radius 3 is 2.36 bits per heavy atom. The van der Waals surface area contributed by atoms with Crippen LogP contribution in [0.4, 0.5) is 0 Å². The van der Waals surface area contributed by atoms with Crippen molar-refractivity contribution in [1.29, 1.82) is 0 Å². The Balaban J connectivity index is 2.41. The molecule has 1 rings (SSSR count). The van der Waals surface area contributed by atoms with Crippen LogP contribution in [0, 0.1) is 11.8 Å². The molecule has 0 saturated heterocycles. The van der Waals surface area contributed by atoms with Crippen molar-refractivity contribution in [3.63, 3.8) is 0 Å². The first-order valence-corrected chi connectivity index (χ1v) is 7.46.